The highest BCUT2D eigenvalue weighted by Crippen LogP contribution is 2.18. The number of benzene rings is 1. The van der Waals surface area contributed by atoms with Crippen LogP contribution in [0.25, 0.3) is 0 Å². The molecule has 1 aliphatic heterocycles. The Morgan fingerprint density at radius 1 is 1.44 bits per heavy atom. The van der Waals surface area contributed by atoms with Gasteiger partial charge in [0.1, 0.15) is 0 Å². The third-order valence-electron chi connectivity index (χ3n) is 4.23. The summed E-state index contributed by atoms with van der Waals surface area (Å²) in [6.07, 6.45) is 1.69. The molecule has 0 bridgehead atoms. The number of halogens is 1. The molecular weight excluding hydrogens is 483 g/mol. The molecule has 0 saturated carbocycles. The standard InChI is InChI=1S/C17H26N4O4S.HI/c1-3-25-16(22)14-7-5-9-21(12-14)17(19-2)20-11-13-6-4-8-15(10-13)26(18,23)24;/h4,6,8,10,14H,3,5,7,9,11-12H2,1-2H3,(H,19,20)(H2,18,23,24);1H. The SMILES string of the molecule is CCOC(=O)C1CCCN(C(=NC)NCc2cccc(S(N)(=O)=O)c2)C1.I. The van der Waals surface area contributed by atoms with Crippen molar-refractivity contribution in [2.45, 2.75) is 31.2 Å². The van der Waals surface area contributed by atoms with Gasteiger partial charge in [0.15, 0.2) is 5.96 Å². The Bertz CT molecular complexity index is 770. The lowest BCUT2D eigenvalue weighted by molar-refractivity contribution is -0.149. The van der Waals surface area contributed by atoms with E-state index in [1.54, 1.807) is 20.0 Å². The van der Waals surface area contributed by atoms with Gasteiger partial charge < -0.3 is 15.0 Å². The van der Waals surface area contributed by atoms with Gasteiger partial charge in [-0.3, -0.25) is 9.79 Å². The van der Waals surface area contributed by atoms with Gasteiger partial charge in [-0.1, -0.05) is 12.1 Å². The number of aliphatic imine (C=N–C) groups is 1. The smallest absolute Gasteiger partial charge is 0.310 e. The summed E-state index contributed by atoms with van der Waals surface area (Å²) in [6.45, 7) is 3.93. The Morgan fingerprint density at radius 3 is 2.81 bits per heavy atom. The fourth-order valence-electron chi connectivity index (χ4n) is 2.97. The van der Waals surface area contributed by atoms with Crippen molar-refractivity contribution in [2.24, 2.45) is 16.0 Å². The molecule has 1 aromatic carbocycles. The van der Waals surface area contributed by atoms with Crippen molar-refractivity contribution >= 4 is 45.9 Å². The van der Waals surface area contributed by atoms with Crippen molar-refractivity contribution in [2.75, 3.05) is 26.7 Å². The van der Waals surface area contributed by atoms with Gasteiger partial charge in [-0.25, -0.2) is 13.6 Å². The molecule has 8 nitrogen and oxygen atoms in total. The lowest BCUT2D eigenvalue weighted by atomic mass is 9.98. The predicted molar refractivity (Wildman–Crippen MR) is 114 cm³/mol. The highest BCUT2D eigenvalue weighted by atomic mass is 127. The second kappa shape index (κ2) is 10.8. The Kier molecular flexibility index (Phi) is 9.47. The van der Waals surface area contributed by atoms with Crippen molar-refractivity contribution in [1.29, 1.82) is 0 Å². The number of guanidine groups is 1. The van der Waals surface area contributed by atoms with Gasteiger partial charge in [-0.05, 0) is 37.5 Å². The molecule has 0 aliphatic carbocycles. The minimum Gasteiger partial charge on any atom is -0.466 e. The average Bonchev–Trinajstić information content (AvgIpc) is 2.62. The zero-order valence-electron chi connectivity index (χ0n) is 15.6. The molecule has 0 radical (unpaired) electrons. The van der Waals surface area contributed by atoms with E-state index in [-0.39, 0.29) is 40.8 Å². The molecule has 1 aromatic rings. The van der Waals surface area contributed by atoms with Crippen LogP contribution in [0.5, 0.6) is 0 Å². The van der Waals surface area contributed by atoms with Crippen molar-refractivity contribution in [1.82, 2.24) is 10.2 Å². The van der Waals surface area contributed by atoms with Crippen molar-refractivity contribution in [3.8, 4) is 0 Å². The highest BCUT2D eigenvalue weighted by molar-refractivity contribution is 14.0. The number of likely N-dealkylation sites (tertiary alicyclic amines) is 1. The van der Waals surface area contributed by atoms with Crippen molar-refractivity contribution in [3.63, 3.8) is 0 Å². The fourth-order valence-corrected chi connectivity index (χ4v) is 3.55. The average molecular weight is 510 g/mol. The Morgan fingerprint density at radius 2 is 2.19 bits per heavy atom. The Hall–Kier alpha value is -1.40. The molecule has 1 fully saturated rings. The van der Waals surface area contributed by atoms with Crippen LogP contribution in [-0.4, -0.2) is 52.0 Å². The summed E-state index contributed by atoms with van der Waals surface area (Å²) < 4.78 is 28.0. The van der Waals surface area contributed by atoms with E-state index in [9.17, 15) is 13.2 Å². The summed E-state index contributed by atoms with van der Waals surface area (Å²) in [6, 6.07) is 6.46. The molecule has 1 heterocycles. The summed E-state index contributed by atoms with van der Waals surface area (Å²) in [7, 11) is -2.05. The molecule has 152 valence electrons. The summed E-state index contributed by atoms with van der Waals surface area (Å²) in [5.41, 5.74) is 0.775. The largest absolute Gasteiger partial charge is 0.466 e. The van der Waals surface area contributed by atoms with E-state index in [1.807, 2.05) is 11.0 Å². The molecule has 1 atom stereocenters. The maximum absolute atomic E-state index is 12.0. The van der Waals surface area contributed by atoms with Crippen LogP contribution in [0.15, 0.2) is 34.2 Å². The highest BCUT2D eigenvalue weighted by Gasteiger charge is 2.28. The summed E-state index contributed by atoms with van der Waals surface area (Å²) >= 11 is 0. The van der Waals surface area contributed by atoms with Crippen LogP contribution in [0.2, 0.25) is 0 Å². The van der Waals surface area contributed by atoms with E-state index < -0.39 is 10.0 Å². The van der Waals surface area contributed by atoms with Crippen LogP contribution < -0.4 is 10.5 Å². The molecule has 1 unspecified atom stereocenters. The molecule has 1 saturated heterocycles. The van der Waals surface area contributed by atoms with Gasteiger partial charge in [-0.15, -0.1) is 24.0 Å². The number of rotatable bonds is 5. The molecule has 27 heavy (non-hydrogen) atoms. The van der Waals surface area contributed by atoms with E-state index in [2.05, 4.69) is 10.3 Å². The van der Waals surface area contributed by atoms with E-state index in [4.69, 9.17) is 9.88 Å². The van der Waals surface area contributed by atoms with Gasteiger partial charge in [0.05, 0.1) is 17.4 Å². The van der Waals surface area contributed by atoms with E-state index in [1.165, 1.54) is 12.1 Å². The predicted octanol–water partition coefficient (Wildman–Crippen LogP) is 1.30. The van der Waals surface area contributed by atoms with E-state index >= 15 is 0 Å². The molecule has 3 N–H and O–H groups in total. The third-order valence-corrected chi connectivity index (χ3v) is 5.14. The van der Waals surface area contributed by atoms with Gasteiger partial charge >= 0.3 is 5.97 Å². The number of carbonyl (C=O) groups is 1. The van der Waals surface area contributed by atoms with Crippen LogP contribution >= 0.6 is 24.0 Å². The van der Waals surface area contributed by atoms with Crippen LogP contribution in [0.4, 0.5) is 0 Å². The number of primary sulfonamides is 1. The Balaban J connectivity index is 0.00000364. The number of piperidine rings is 1. The van der Waals surface area contributed by atoms with Crippen molar-refractivity contribution < 1.29 is 17.9 Å². The normalized spacial score (nSPS) is 17.8. The maximum Gasteiger partial charge on any atom is 0.310 e. The minimum absolute atomic E-state index is 0. The second-order valence-electron chi connectivity index (χ2n) is 6.13. The number of hydrogen-bond donors (Lipinski definition) is 2. The molecule has 2 rings (SSSR count). The number of carbonyl (C=O) groups excluding carboxylic acids is 1. The van der Waals surface area contributed by atoms with Crippen LogP contribution in [-0.2, 0) is 26.1 Å². The first kappa shape index (κ1) is 23.6. The number of nitrogens with one attached hydrogen (secondary N) is 1. The van der Waals surface area contributed by atoms with E-state index in [0.717, 1.165) is 24.9 Å². The third kappa shape index (κ3) is 6.92. The topological polar surface area (TPSA) is 114 Å². The first-order valence-corrected chi connectivity index (χ1v) is 10.1. The molecule has 10 heteroatoms. The summed E-state index contributed by atoms with van der Waals surface area (Å²) in [5.74, 6) is 0.335. The quantitative estimate of drug-likeness (QED) is 0.267. The molecule has 0 amide bonds. The lowest BCUT2D eigenvalue weighted by Gasteiger charge is -2.34. The van der Waals surface area contributed by atoms with Gasteiger partial charge in [-0.2, -0.15) is 0 Å². The van der Waals surface area contributed by atoms with Crippen LogP contribution in [0.1, 0.15) is 25.3 Å². The fraction of sp³-hybridized carbons (Fsp3) is 0.529. The number of esters is 1. The van der Waals surface area contributed by atoms with Gasteiger partial charge in [0.2, 0.25) is 10.0 Å². The number of nitrogens with zero attached hydrogens (tertiary/aromatic N) is 2. The molecule has 1 aliphatic rings. The van der Waals surface area contributed by atoms with Crippen molar-refractivity contribution in [3.05, 3.63) is 29.8 Å². The number of sulfonamides is 1. The first-order chi connectivity index (χ1) is 12.3. The molecular formula is C17H27IN4O4S. The first-order valence-electron chi connectivity index (χ1n) is 8.59. The number of ether oxygens (including phenoxy) is 1. The monoisotopic (exact) mass is 510 g/mol. The summed E-state index contributed by atoms with van der Waals surface area (Å²) in [4.78, 5) is 18.4. The van der Waals surface area contributed by atoms with Crippen LogP contribution in [0.3, 0.4) is 0 Å². The zero-order valence-corrected chi connectivity index (χ0v) is 18.7. The molecule has 0 aromatic heterocycles. The van der Waals surface area contributed by atoms with Gasteiger partial charge in [0.25, 0.3) is 0 Å². The number of nitrogens with two attached hydrogens (primary N) is 1. The van der Waals surface area contributed by atoms with E-state index in [0.29, 0.717) is 25.7 Å². The van der Waals surface area contributed by atoms with Crippen LogP contribution in [0, 0.1) is 5.92 Å². The Labute approximate surface area is 177 Å². The minimum atomic E-state index is -3.73. The molecule has 0 spiro atoms. The lowest BCUT2D eigenvalue weighted by Crippen LogP contribution is -2.48. The number of hydrogen-bond acceptors (Lipinski definition) is 5. The van der Waals surface area contributed by atoms with Gasteiger partial charge in [0, 0.05) is 26.7 Å². The zero-order chi connectivity index (χ0) is 19.2. The maximum atomic E-state index is 12.0. The second-order valence-corrected chi connectivity index (χ2v) is 7.69. The summed E-state index contributed by atoms with van der Waals surface area (Å²) in [5, 5.41) is 8.38.